The molecule has 0 heterocycles. The number of hydrogen-bond acceptors (Lipinski definition) is 1. The van der Waals surface area contributed by atoms with E-state index < -0.39 is 5.82 Å². The molecule has 0 aromatic heterocycles. The molecule has 1 saturated carbocycles. The van der Waals surface area contributed by atoms with E-state index in [-0.39, 0.29) is 17.5 Å². The van der Waals surface area contributed by atoms with E-state index >= 15 is 0 Å². The maximum absolute atomic E-state index is 13.7. The van der Waals surface area contributed by atoms with Crippen LogP contribution in [0.25, 0.3) is 0 Å². The highest BCUT2D eigenvalue weighted by atomic mass is 19.1. The van der Waals surface area contributed by atoms with Crippen molar-refractivity contribution in [1.29, 1.82) is 0 Å². The Labute approximate surface area is 108 Å². The van der Waals surface area contributed by atoms with Gasteiger partial charge in [-0.05, 0) is 43.4 Å². The minimum absolute atomic E-state index is 0.151. The number of benzene rings is 1. The highest BCUT2D eigenvalue weighted by molar-refractivity contribution is 5.94. The maximum Gasteiger partial charge on any atom is 0.254 e. The van der Waals surface area contributed by atoms with Crippen molar-refractivity contribution in [1.82, 2.24) is 5.32 Å². The Morgan fingerprint density at radius 2 is 2.06 bits per heavy atom. The maximum atomic E-state index is 13.7. The van der Waals surface area contributed by atoms with Gasteiger partial charge in [-0.3, -0.25) is 4.79 Å². The smallest absolute Gasteiger partial charge is 0.254 e. The summed E-state index contributed by atoms with van der Waals surface area (Å²) in [4.78, 5) is 12.0. The standard InChI is InChI=1S/C15H20FNO/c1-10-7-8-12(13(16)9-10)15(18)17-14-6-4-3-5-11(14)2/h7-9,11,14H,3-6H2,1-2H3,(H,17,18). The first-order chi connectivity index (χ1) is 8.58. The van der Waals surface area contributed by atoms with E-state index in [0.29, 0.717) is 5.92 Å². The molecule has 0 bridgehead atoms. The molecule has 18 heavy (non-hydrogen) atoms. The number of halogens is 1. The molecule has 0 aliphatic heterocycles. The first-order valence-corrected chi connectivity index (χ1v) is 6.65. The van der Waals surface area contributed by atoms with Gasteiger partial charge in [-0.2, -0.15) is 0 Å². The van der Waals surface area contributed by atoms with Gasteiger partial charge in [0.1, 0.15) is 5.82 Å². The minimum Gasteiger partial charge on any atom is -0.349 e. The van der Waals surface area contributed by atoms with Crippen molar-refractivity contribution in [3.8, 4) is 0 Å². The van der Waals surface area contributed by atoms with Crippen LogP contribution in [0.1, 0.15) is 48.5 Å². The van der Waals surface area contributed by atoms with Gasteiger partial charge in [-0.25, -0.2) is 4.39 Å². The highest BCUT2D eigenvalue weighted by Crippen LogP contribution is 2.24. The lowest BCUT2D eigenvalue weighted by atomic mass is 9.86. The number of hydrogen-bond donors (Lipinski definition) is 1. The highest BCUT2D eigenvalue weighted by Gasteiger charge is 2.24. The van der Waals surface area contributed by atoms with Gasteiger partial charge in [0, 0.05) is 6.04 Å². The molecule has 1 N–H and O–H groups in total. The van der Waals surface area contributed by atoms with Crippen LogP contribution in [0.4, 0.5) is 4.39 Å². The monoisotopic (exact) mass is 249 g/mol. The Morgan fingerprint density at radius 3 is 2.72 bits per heavy atom. The zero-order valence-electron chi connectivity index (χ0n) is 11.0. The van der Waals surface area contributed by atoms with Gasteiger partial charge in [0.05, 0.1) is 5.56 Å². The van der Waals surface area contributed by atoms with E-state index in [1.165, 1.54) is 12.5 Å². The fraction of sp³-hybridized carbons (Fsp3) is 0.533. The molecule has 0 radical (unpaired) electrons. The molecule has 2 unspecified atom stereocenters. The molecule has 3 heteroatoms. The second kappa shape index (κ2) is 5.51. The van der Waals surface area contributed by atoms with Crippen molar-refractivity contribution < 1.29 is 9.18 Å². The minimum atomic E-state index is -0.434. The van der Waals surface area contributed by atoms with Crippen LogP contribution in [0.5, 0.6) is 0 Å². The lowest BCUT2D eigenvalue weighted by Gasteiger charge is -2.29. The predicted molar refractivity (Wildman–Crippen MR) is 70.0 cm³/mol. The molecule has 1 aromatic rings. The second-order valence-electron chi connectivity index (χ2n) is 5.32. The first-order valence-electron chi connectivity index (χ1n) is 6.65. The summed E-state index contributed by atoms with van der Waals surface area (Å²) < 4.78 is 13.7. The third-order valence-corrected chi connectivity index (χ3v) is 3.80. The Hall–Kier alpha value is -1.38. The van der Waals surface area contributed by atoms with Gasteiger partial charge in [0.25, 0.3) is 5.91 Å². The fourth-order valence-corrected chi connectivity index (χ4v) is 2.58. The van der Waals surface area contributed by atoms with Crippen LogP contribution in [-0.4, -0.2) is 11.9 Å². The summed E-state index contributed by atoms with van der Waals surface area (Å²) >= 11 is 0. The average Bonchev–Trinajstić information content (AvgIpc) is 2.32. The van der Waals surface area contributed by atoms with Gasteiger partial charge >= 0.3 is 0 Å². The quantitative estimate of drug-likeness (QED) is 0.854. The zero-order valence-corrected chi connectivity index (χ0v) is 11.0. The lowest BCUT2D eigenvalue weighted by molar-refractivity contribution is 0.0906. The Bertz CT molecular complexity index is 444. The number of amides is 1. The Kier molecular flexibility index (Phi) is 4.00. The van der Waals surface area contributed by atoms with Crippen molar-refractivity contribution in [3.63, 3.8) is 0 Å². The first kappa shape index (κ1) is 13.1. The number of aryl methyl sites for hydroxylation is 1. The molecule has 1 aliphatic carbocycles. The molecule has 1 aromatic carbocycles. The molecule has 0 saturated heterocycles. The van der Waals surface area contributed by atoms with Crippen LogP contribution in [0.3, 0.4) is 0 Å². The third-order valence-electron chi connectivity index (χ3n) is 3.80. The van der Waals surface area contributed by atoms with Gasteiger partial charge in [-0.1, -0.05) is 25.8 Å². The van der Waals surface area contributed by atoms with Gasteiger partial charge in [-0.15, -0.1) is 0 Å². The number of rotatable bonds is 2. The lowest BCUT2D eigenvalue weighted by Crippen LogP contribution is -2.41. The summed E-state index contributed by atoms with van der Waals surface area (Å²) in [5.41, 5.74) is 0.980. The molecule has 2 atom stereocenters. The molecule has 1 fully saturated rings. The second-order valence-corrected chi connectivity index (χ2v) is 5.32. The summed E-state index contributed by atoms with van der Waals surface area (Å²) in [5.74, 6) is -0.238. The van der Waals surface area contributed by atoms with E-state index in [4.69, 9.17) is 0 Å². The molecular weight excluding hydrogens is 229 g/mol. The van der Waals surface area contributed by atoms with Crippen molar-refractivity contribution in [3.05, 3.63) is 35.1 Å². The van der Waals surface area contributed by atoms with Crippen LogP contribution < -0.4 is 5.32 Å². The molecule has 0 spiro atoms. The SMILES string of the molecule is Cc1ccc(C(=O)NC2CCCCC2C)c(F)c1. The van der Waals surface area contributed by atoms with Gasteiger partial charge < -0.3 is 5.32 Å². The summed E-state index contributed by atoms with van der Waals surface area (Å²) in [5, 5.41) is 2.97. The van der Waals surface area contributed by atoms with E-state index in [9.17, 15) is 9.18 Å². The normalized spacial score (nSPS) is 23.7. The summed E-state index contributed by atoms with van der Waals surface area (Å²) in [7, 11) is 0. The topological polar surface area (TPSA) is 29.1 Å². The molecule has 1 aliphatic rings. The van der Waals surface area contributed by atoms with Crippen LogP contribution >= 0.6 is 0 Å². The number of carbonyl (C=O) groups excluding carboxylic acids is 1. The molecule has 2 rings (SSSR count). The largest absolute Gasteiger partial charge is 0.349 e. The fourth-order valence-electron chi connectivity index (χ4n) is 2.58. The number of carbonyl (C=O) groups is 1. The average molecular weight is 249 g/mol. The van der Waals surface area contributed by atoms with E-state index in [2.05, 4.69) is 12.2 Å². The van der Waals surface area contributed by atoms with Crippen LogP contribution in [-0.2, 0) is 0 Å². The Morgan fingerprint density at radius 1 is 1.33 bits per heavy atom. The van der Waals surface area contributed by atoms with Gasteiger partial charge in [0.15, 0.2) is 0 Å². The van der Waals surface area contributed by atoms with E-state index in [0.717, 1.165) is 24.8 Å². The summed E-state index contributed by atoms with van der Waals surface area (Å²) in [6, 6.07) is 4.92. The third kappa shape index (κ3) is 2.89. The van der Waals surface area contributed by atoms with Crippen LogP contribution in [0.2, 0.25) is 0 Å². The van der Waals surface area contributed by atoms with Crippen molar-refractivity contribution in [2.75, 3.05) is 0 Å². The van der Waals surface area contributed by atoms with Crippen molar-refractivity contribution in [2.45, 2.75) is 45.6 Å². The van der Waals surface area contributed by atoms with Crippen molar-refractivity contribution in [2.24, 2.45) is 5.92 Å². The predicted octanol–water partition coefficient (Wildman–Crippen LogP) is 3.44. The van der Waals surface area contributed by atoms with E-state index in [1.807, 2.05) is 6.92 Å². The van der Waals surface area contributed by atoms with E-state index in [1.54, 1.807) is 12.1 Å². The Balaban J connectivity index is 2.07. The van der Waals surface area contributed by atoms with Crippen LogP contribution in [0.15, 0.2) is 18.2 Å². The van der Waals surface area contributed by atoms with Crippen LogP contribution in [0, 0.1) is 18.7 Å². The molecule has 1 amide bonds. The summed E-state index contributed by atoms with van der Waals surface area (Å²) in [6.45, 7) is 3.96. The molecular formula is C15H20FNO. The van der Waals surface area contributed by atoms with Gasteiger partial charge in [0.2, 0.25) is 0 Å². The van der Waals surface area contributed by atoms with Crippen molar-refractivity contribution >= 4 is 5.91 Å². The molecule has 98 valence electrons. The summed E-state index contributed by atoms with van der Waals surface area (Å²) in [6.07, 6.45) is 4.51. The zero-order chi connectivity index (χ0) is 13.1. The molecule has 2 nitrogen and oxygen atoms in total. The number of nitrogens with one attached hydrogen (secondary N) is 1.